The van der Waals surface area contributed by atoms with Gasteiger partial charge in [-0.2, -0.15) is 0 Å². The van der Waals surface area contributed by atoms with Gasteiger partial charge in [-0.05, 0) is 6.07 Å². The molecule has 0 unspecified atom stereocenters. The zero-order valence-corrected chi connectivity index (χ0v) is 14.4. The smallest absolute Gasteiger partial charge is 0.288 e. The Morgan fingerprint density at radius 3 is 2.77 bits per heavy atom. The normalized spacial score (nSPS) is 10.8. The zero-order valence-electron chi connectivity index (χ0n) is 14.4. The van der Waals surface area contributed by atoms with Gasteiger partial charge in [-0.1, -0.05) is 25.1 Å². The van der Waals surface area contributed by atoms with Crippen LogP contribution in [0.5, 0.6) is 0 Å². The highest BCUT2D eigenvalue weighted by Crippen LogP contribution is 2.29. The van der Waals surface area contributed by atoms with E-state index in [9.17, 15) is 14.9 Å². The maximum Gasteiger partial charge on any atom is 0.288 e. The van der Waals surface area contributed by atoms with Crippen LogP contribution >= 0.6 is 0 Å². The summed E-state index contributed by atoms with van der Waals surface area (Å²) in [6.45, 7) is 2.42. The maximum atomic E-state index is 11.8. The van der Waals surface area contributed by atoms with Crippen LogP contribution in [-0.4, -0.2) is 22.9 Å². The summed E-state index contributed by atoms with van der Waals surface area (Å²) in [4.78, 5) is 27.9. The van der Waals surface area contributed by atoms with Crippen LogP contribution in [0.3, 0.4) is 0 Å². The molecule has 134 valence electrons. The molecule has 26 heavy (non-hydrogen) atoms. The number of primary amides is 1. The molecule has 0 spiro atoms. The van der Waals surface area contributed by atoms with E-state index in [1.807, 2.05) is 31.2 Å². The molecule has 1 amide bonds. The molecular weight excluding hydrogens is 336 g/mol. The number of carbonyl (C=O) groups is 1. The Morgan fingerprint density at radius 1 is 1.38 bits per heavy atom. The van der Waals surface area contributed by atoms with Crippen molar-refractivity contribution < 1.29 is 14.1 Å². The van der Waals surface area contributed by atoms with Gasteiger partial charge in [-0.3, -0.25) is 14.9 Å². The van der Waals surface area contributed by atoms with Crippen LogP contribution in [0.1, 0.15) is 28.6 Å². The predicted molar refractivity (Wildman–Crippen MR) is 97.1 cm³/mol. The topological polar surface area (TPSA) is 116 Å². The first-order valence-electron chi connectivity index (χ1n) is 8.07. The van der Waals surface area contributed by atoms with E-state index in [1.165, 1.54) is 0 Å². The molecule has 0 bridgehead atoms. The molecule has 0 saturated heterocycles. The average Bonchev–Trinajstić information content (AvgIpc) is 2.98. The molecule has 0 aliphatic heterocycles. The number of carbonyl (C=O) groups excluding carboxylic acids is 1. The minimum absolute atomic E-state index is 0.00699. The number of pyridine rings is 1. The number of aromatic nitrogens is 1. The summed E-state index contributed by atoms with van der Waals surface area (Å²) in [5, 5.41) is 11.9. The molecule has 8 heteroatoms. The minimum atomic E-state index is -0.768. The Hall–Kier alpha value is -3.42. The summed E-state index contributed by atoms with van der Waals surface area (Å²) in [6.07, 6.45) is 1.83. The number of nitro groups is 1. The van der Waals surface area contributed by atoms with E-state index < -0.39 is 10.8 Å². The lowest BCUT2D eigenvalue weighted by molar-refractivity contribution is -0.385. The maximum absolute atomic E-state index is 11.8. The Bertz CT molecular complexity index is 996. The number of furan rings is 1. The fraction of sp³-hybridized carbons (Fsp3) is 0.222. The number of anilines is 1. The largest absolute Gasteiger partial charge is 0.461 e. The van der Waals surface area contributed by atoms with Gasteiger partial charge in [0.1, 0.15) is 23.4 Å². The van der Waals surface area contributed by atoms with Crippen molar-refractivity contribution in [2.24, 2.45) is 5.73 Å². The van der Waals surface area contributed by atoms with Crippen LogP contribution in [0.25, 0.3) is 11.0 Å². The van der Waals surface area contributed by atoms with Gasteiger partial charge in [0.15, 0.2) is 0 Å². The van der Waals surface area contributed by atoms with Crippen molar-refractivity contribution in [2.45, 2.75) is 19.9 Å². The third-order valence-corrected chi connectivity index (χ3v) is 4.19. The van der Waals surface area contributed by atoms with Crippen LogP contribution in [-0.2, 0) is 13.0 Å². The molecule has 0 aliphatic carbocycles. The third-order valence-electron chi connectivity index (χ3n) is 4.19. The lowest BCUT2D eigenvalue weighted by Crippen LogP contribution is -2.23. The summed E-state index contributed by atoms with van der Waals surface area (Å²) in [7, 11) is 1.75. The molecule has 8 nitrogen and oxygen atoms in total. The fourth-order valence-corrected chi connectivity index (χ4v) is 2.95. The molecule has 0 fully saturated rings. The number of para-hydroxylation sites is 1. The van der Waals surface area contributed by atoms with Gasteiger partial charge >= 0.3 is 0 Å². The van der Waals surface area contributed by atoms with Crippen molar-refractivity contribution in [3.63, 3.8) is 0 Å². The number of fused-ring (bicyclic) bond motifs is 1. The number of nitrogens with two attached hydrogens (primary N) is 1. The molecule has 1 aromatic carbocycles. The highest BCUT2D eigenvalue weighted by atomic mass is 16.6. The number of benzene rings is 1. The first-order chi connectivity index (χ1) is 12.4. The van der Waals surface area contributed by atoms with Crippen LogP contribution in [0.2, 0.25) is 0 Å². The molecule has 0 atom stereocenters. The second kappa shape index (κ2) is 6.83. The summed E-state index contributed by atoms with van der Waals surface area (Å²) in [6, 6.07) is 8.85. The van der Waals surface area contributed by atoms with Gasteiger partial charge in [0.05, 0.1) is 10.5 Å². The number of hydrogen-bond donors (Lipinski definition) is 1. The molecular formula is C18H18N4O4. The molecule has 2 heterocycles. The van der Waals surface area contributed by atoms with Gasteiger partial charge < -0.3 is 15.1 Å². The van der Waals surface area contributed by atoms with Crippen molar-refractivity contribution >= 4 is 28.4 Å². The van der Waals surface area contributed by atoms with Crippen molar-refractivity contribution in [1.82, 2.24) is 4.98 Å². The highest BCUT2D eigenvalue weighted by molar-refractivity contribution is 5.98. The van der Waals surface area contributed by atoms with E-state index >= 15 is 0 Å². The van der Waals surface area contributed by atoms with Gasteiger partial charge in [-0.25, -0.2) is 4.98 Å². The molecule has 0 radical (unpaired) electrons. The molecule has 0 aliphatic rings. The second-order valence-electron chi connectivity index (χ2n) is 5.90. The summed E-state index contributed by atoms with van der Waals surface area (Å²) in [5.41, 5.74) is 6.90. The Balaban J connectivity index is 2.02. The van der Waals surface area contributed by atoms with Crippen LogP contribution < -0.4 is 10.6 Å². The second-order valence-corrected chi connectivity index (χ2v) is 5.90. The number of hydrogen-bond acceptors (Lipinski definition) is 6. The molecule has 0 saturated carbocycles. The van der Waals surface area contributed by atoms with Crippen molar-refractivity contribution in [3.8, 4) is 0 Å². The van der Waals surface area contributed by atoms with E-state index in [0.29, 0.717) is 13.0 Å². The standard InChI is InChI=1S/C18H18N4O4/c1-3-15-14(12-6-4-5-7-16(12)26-15)10-21(2)18-13(17(19)23)8-11(9-20-18)22(24)25/h4-9H,3,10H2,1-2H3,(H2,19,23). The summed E-state index contributed by atoms with van der Waals surface area (Å²) in [5.74, 6) is 0.367. The first kappa shape index (κ1) is 17.4. The fourth-order valence-electron chi connectivity index (χ4n) is 2.95. The minimum Gasteiger partial charge on any atom is -0.461 e. The lowest BCUT2D eigenvalue weighted by atomic mass is 10.1. The SMILES string of the molecule is CCc1oc2ccccc2c1CN(C)c1ncc([N+](=O)[O-])cc1C(N)=O. The van der Waals surface area contributed by atoms with Gasteiger partial charge in [-0.15, -0.1) is 0 Å². The van der Waals surface area contributed by atoms with Crippen LogP contribution in [0.4, 0.5) is 11.5 Å². The molecule has 2 aromatic heterocycles. The monoisotopic (exact) mass is 354 g/mol. The van der Waals surface area contributed by atoms with Crippen LogP contribution in [0, 0.1) is 10.1 Å². The number of rotatable bonds is 6. The lowest BCUT2D eigenvalue weighted by Gasteiger charge is -2.20. The average molecular weight is 354 g/mol. The van der Waals surface area contributed by atoms with Gasteiger partial charge in [0.25, 0.3) is 11.6 Å². The molecule has 2 N–H and O–H groups in total. The molecule has 3 aromatic rings. The van der Waals surface area contributed by atoms with Crippen molar-refractivity contribution in [3.05, 3.63) is 63.5 Å². The number of aryl methyl sites for hydroxylation is 1. The highest BCUT2D eigenvalue weighted by Gasteiger charge is 2.21. The Morgan fingerprint density at radius 2 is 2.12 bits per heavy atom. The van der Waals surface area contributed by atoms with E-state index in [0.717, 1.165) is 34.6 Å². The Labute approximate surface area is 149 Å². The van der Waals surface area contributed by atoms with Crippen molar-refractivity contribution in [1.29, 1.82) is 0 Å². The van der Waals surface area contributed by atoms with E-state index in [1.54, 1.807) is 11.9 Å². The van der Waals surface area contributed by atoms with Crippen molar-refractivity contribution in [2.75, 3.05) is 11.9 Å². The number of amides is 1. The van der Waals surface area contributed by atoms with Gasteiger partial charge in [0, 0.05) is 37.0 Å². The predicted octanol–water partition coefficient (Wildman–Crippen LogP) is 3.03. The number of nitrogens with zero attached hydrogens (tertiary/aromatic N) is 3. The van der Waals surface area contributed by atoms with E-state index in [-0.39, 0.29) is 17.1 Å². The van der Waals surface area contributed by atoms with Crippen LogP contribution in [0.15, 0.2) is 40.9 Å². The molecule has 3 rings (SSSR count). The summed E-state index contributed by atoms with van der Waals surface area (Å²) >= 11 is 0. The quantitative estimate of drug-likeness (QED) is 0.537. The van der Waals surface area contributed by atoms with E-state index in [4.69, 9.17) is 10.2 Å². The Kier molecular flexibility index (Phi) is 4.57. The van der Waals surface area contributed by atoms with Gasteiger partial charge in [0.2, 0.25) is 0 Å². The zero-order chi connectivity index (χ0) is 18.8. The van der Waals surface area contributed by atoms with E-state index in [2.05, 4.69) is 4.98 Å². The third kappa shape index (κ3) is 3.08. The summed E-state index contributed by atoms with van der Waals surface area (Å²) < 4.78 is 5.89. The first-order valence-corrected chi connectivity index (χ1v) is 8.07.